The van der Waals surface area contributed by atoms with Gasteiger partial charge in [-0.05, 0) is 36.4 Å². The molecule has 1 aromatic carbocycles. The number of primary amides is 1. The number of anilines is 1. The second kappa shape index (κ2) is 5.72. The van der Waals surface area contributed by atoms with Crippen molar-refractivity contribution in [2.24, 2.45) is 5.73 Å². The summed E-state index contributed by atoms with van der Waals surface area (Å²) >= 11 is 0. The molecular weight excluding hydrogens is 282 g/mol. The lowest BCUT2D eigenvalue weighted by atomic mass is 10.2. The Morgan fingerprint density at radius 1 is 1.18 bits per heavy atom. The fourth-order valence-electron chi connectivity index (χ4n) is 2.17. The van der Waals surface area contributed by atoms with E-state index in [1.807, 2.05) is 6.07 Å². The number of hydrogen-bond donors (Lipinski definition) is 2. The average Bonchev–Trinajstić information content (AvgIpc) is 2.85. The van der Waals surface area contributed by atoms with Crippen molar-refractivity contribution in [1.29, 1.82) is 0 Å². The van der Waals surface area contributed by atoms with E-state index < -0.39 is 5.91 Å². The number of nitrogens with one attached hydrogen (secondary N) is 1. The second-order valence-electron chi connectivity index (χ2n) is 4.80. The standard InChI is InChI=1S/C15H15N5O2/c16-14(21)11-4-6-12(7-5-11)17-8-10-20-15(22)19-9-2-1-3-13(19)18-20/h1-7,9,17H,8,10H2,(H2,16,21). The Kier molecular flexibility index (Phi) is 3.61. The Morgan fingerprint density at radius 3 is 2.64 bits per heavy atom. The van der Waals surface area contributed by atoms with Gasteiger partial charge >= 0.3 is 5.69 Å². The lowest BCUT2D eigenvalue weighted by molar-refractivity contribution is 0.100. The molecule has 7 nitrogen and oxygen atoms in total. The Balaban J connectivity index is 1.66. The summed E-state index contributed by atoms with van der Waals surface area (Å²) in [6.07, 6.45) is 1.69. The highest BCUT2D eigenvalue weighted by atomic mass is 16.2. The number of aromatic nitrogens is 3. The van der Waals surface area contributed by atoms with Crippen LogP contribution >= 0.6 is 0 Å². The molecule has 0 saturated heterocycles. The first-order chi connectivity index (χ1) is 10.6. The van der Waals surface area contributed by atoms with E-state index >= 15 is 0 Å². The lowest BCUT2D eigenvalue weighted by Crippen LogP contribution is -2.24. The van der Waals surface area contributed by atoms with Crippen LogP contribution in [0, 0.1) is 0 Å². The third kappa shape index (κ3) is 2.69. The molecule has 112 valence electrons. The summed E-state index contributed by atoms with van der Waals surface area (Å²) in [6.45, 7) is 0.984. The normalized spacial score (nSPS) is 10.7. The molecule has 3 N–H and O–H groups in total. The summed E-state index contributed by atoms with van der Waals surface area (Å²) in [5, 5.41) is 7.42. The zero-order valence-electron chi connectivity index (χ0n) is 11.8. The zero-order valence-corrected chi connectivity index (χ0v) is 11.8. The molecule has 3 rings (SSSR count). The Bertz CT molecular complexity index is 864. The number of rotatable bonds is 5. The van der Waals surface area contributed by atoms with Crippen molar-refractivity contribution in [3.05, 3.63) is 64.7 Å². The molecule has 0 aliphatic rings. The van der Waals surface area contributed by atoms with Gasteiger partial charge in [-0.1, -0.05) is 6.07 Å². The summed E-state index contributed by atoms with van der Waals surface area (Å²) in [5.74, 6) is -0.456. The fourth-order valence-corrected chi connectivity index (χ4v) is 2.17. The van der Waals surface area contributed by atoms with Gasteiger partial charge in [-0.25, -0.2) is 9.48 Å². The fraction of sp³-hybridized carbons (Fsp3) is 0.133. The van der Waals surface area contributed by atoms with Crippen molar-refractivity contribution >= 4 is 17.2 Å². The highest BCUT2D eigenvalue weighted by Gasteiger charge is 2.05. The van der Waals surface area contributed by atoms with Crippen LogP contribution in [0.1, 0.15) is 10.4 Å². The zero-order chi connectivity index (χ0) is 15.5. The molecule has 1 amide bonds. The van der Waals surface area contributed by atoms with Gasteiger partial charge in [0.25, 0.3) is 0 Å². The minimum absolute atomic E-state index is 0.165. The molecule has 0 spiro atoms. The molecule has 0 radical (unpaired) electrons. The summed E-state index contributed by atoms with van der Waals surface area (Å²) < 4.78 is 2.92. The van der Waals surface area contributed by atoms with E-state index in [0.29, 0.717) is 24.3 Å². The van der Waals surface area contributed by atoms with Gasteiger partial charge < -0.3 is 11.1 Å². The Hall–Kier alpha value is -3.09. The number of carbonyl (C=O) groups is 1. The van der Waals surface area contributed by atoms with Gasteiger partial charge in [0, 0.05) is 24.0 Å². The number of nitrogens with zero attached hydrogens (tertiary/aromatic N) is 3. The summed E-state index contributed by atoms with van der Waals surface area (Å²) in [4.78, 5) is 23.1. The number of hydrogen-bond acceptors (Lipinski definition) is 4. The third-order valence-corrected chi connectivity index (χ3v) is 3.31. The number of pyridine rings is 1. The number of benzene rings is 1. The van der Waals surface area contributed by atoms with Crippen LogP contribution in [-0.2, 0) is 6.54 Å². The van der Waals surface area contributed by atoms with E-state index in [9.17, 15) is 9.59 Å². The molecule has 0 unspecified atom stereocenters. The van der Waals surface area contributed by atoms with Gasteiger partial charge in [0.05, 0.1) is 6.54 Å². The van der Waals surface area contributed by atoms with E-state index in [4.69, 9.17) is 5.73 Å². The predicted octanol–water partition coefficient (Wildman–Crippen LogP) is 0.707. The van der Waals surface area contributed by atoms with Gasteiger partial charge in [0.2, 0.25) is 5.91 Å². The first-order valence-corrected chi connectivity index (χ1v) is 6.83. The molecule has 0 atom stereocenters. The van der Waals surface area contributed by atoms with Crippen molar-refractivity contribution < 1.29 is 4.79 Å². The molecule has 7 heteroatoms. The minimum atomic E-state index is -0.456. The van der Waals surface area contributed by atoms with Crippen LogP contribution in [0.2, 0.25) is 0 Å². The van der Waals surface area contributed by atoms with Crippen LogP contribution in [0.5, 0.6) is 0 Å². The molecule has 0 aliphatic carbocycles. The lowest BCUT2D eigenvalue weighted by Gasteiger charge is -2.06. The Labute approximate surface area is 126 Å². The maximum absolute atomic E-state index is 12.1. The van der Waals surface area contributed by atoms with E-state index in [1.54, 1.807) is 42.6 Å². The van der Waals surface area contributed by atoms with Crippen LogP contribution in [0.15, 0.2) is 53.5 Å². The molecular formula is C15H15N5O2. The molecule has 2 aromatic heterocycles. The topological polar surface area (TPSA) is 94.4 Å². The van der Waals surface area contributed by atoms with Crippen LogP contribution in [0.3, 0.4) is 0 Å². The highest BCUT2D eigenvalue weighted by Crippen LogP contribution is 2.08. The van der Waals surface area contributed by atoms with Crippen molar-refractivity contribution in [2.75, 3.05) is 11.9 Å². The average molecular weight is 297 g/mol. The maximum Gasteiger partial charge on any atom is 0.350 e. The smallest absolute Gasteiger partial charge is 0.350 e. The quantitative estimate of drug-likeness (QED) is 0.725. The van der Waals surface area contributed by atoms with E-state index in [2.05, 4.69) is 10.4 Å². The molecule has 22 heavy (non-hydrogen) atoms. The van der Waals surface area contributed by atoms with Crippen LogP contribution < -0.4 is 16.7 Å². The predicted molar refractivity (Wildman–Crippen MR) is 82.9 cm³/mol. The van der Waals surface area contributed by atoms with Gasteiger partial charge in [-0.2, -0.15) is 0 Å². The van der Waals surface area contributed by atoms with Crippen molar-refractivity contribution in [3.63, 3.8) is 0 Å². The first-order valence-electron chi connectivity index (χ1n) is 6.83. The Morgan fingerprint density at radius 2 is 1.95 bits per heavy atom. The van der Waals surface area contributed by atoms with E-state index in [0.717, 1.165) is 5.69 Å². The molecule has 3 aromatic rings. The molecule has 0 fully saturated rings. The third-order valence-electron chi connectivity index (χ3n) is 3.31. The van der Waals surface area contributed by atoms with E-state index in [1.165, 1.54) is 9.08 Å². The largest absolute Gasteiger partial charge is 0.383 e. The second-order valence-corrected chi connectivity index (χ2v) is 4.80. The maximum atomic E-state index is 12.1. The summed E-state index contributed by atoms with van der Waals surface area (Å²) in [5.41, 5.74) is 6.95. The number of nitrogens with two attached hydrogens (primary N) is 1. The minimum Gasteiger partial charge on any atom is -0.383 e. The van der Waals surface area contributed by atoms with Crippen LogP contribution in [0.25, 0.3) is 5.65 Å². The van der Waals surface area contributed by atoms with Gasteiger partial charge in [-0.3, -0.25) is 9.20 Å². The van der Waals surface area contributed by atoms with Gasteiger partial charge in [0.15, 0.2) is 5.65 Å². The molecule has 0 aliphatic heterocycles. The van der Waals surface area contributed by atoms with Gasteiger partial charge in [-0.15, -0.1) is 5.10 Å². The van der Waals surface area contributed by atoms with Crippen molar-refractivity contribution in [3.8, 4) is 0 Å². The van der Waals surface area contributed by atoms with Crippen LogP contribution in [0.4, 0.5) is 5.69 Å². The molecule has 0 saturated carbocycles. The number of fused-ring (bicyclic) bond motifs is 1. The summed E-state index contributed by atoms with van der Waals surface area (Å²) in [7, 11) is 0. The first kappa shape index (κ1) is 13.9. The summed E-state index contributed by atoms with van der Waals surface area (Å²) in [6, 6.07) is 12.3. The van der Waals surface area contributed by atoms with Gasteiger partial charge in [0.1, 0.15) is 0 Å². The number of amides is 1. The van der Waals surface area contributed by atoms with Crippen LogP contribution in [-0.4, -0.2) is 26.6 Å². The van der Waals surface area contributed by atoms with Crippen molar-refractivity contribution in [2.45, 2.75) is 6.54 Å². The van der Waals surface area contributed by atoms with E-state index in [-0.39, 0.29) is 5.69 Å². The SMILES string of the molecule is NC(=O)c1ccc(NCCn2nc3ccccn3c2=O)cc1. The molecule has 2 heterocycles. The number of carbonyl (C=O) groups excluding carboxylic acids is 1. The van der Waals surface area contributed by atoms with Crippen molar-refractivity contribution in [1.82, 2.24) is 14.2 Å². The molecule has 0 bridgehead atoms. The highest BCUT2D eigenvalue weighted by molar-refractivity contribution is 5.93. The monoisotopic (exact) mass is 297 g/mol.